The molecule has 0 bridgehead atoms. The first-order chi connectivity index (χ1) is 4.43. The Bertz CT molecular complexity index is 103. The van der Waals surface area contributed by atoms with Crippen LogP contribution < -0.4 is 5.73 Å². The van der Waals surface area contributed by atoms with E-state index in [2.05, 4.69) is 4.99 Å². The first-order valence-electron chi connectivity index (χ1n) is 3.27. The third kappa shape index (κ3) is 2.37. The van der Waals surface area contributed by atoms with Gasteiger partial charge in [0.25, 0.3) is 0 Å². The van der Waals surface area contributed by atoms with Gasteiger partial charge in [0.2, 0.25) is 0 Å². The van der Waals surface area contributed by atoms with E-state index in [-0.39, 0.29) is 0 Å². The maximum atomic E-state index is 5.35. The molecule has 0 unspecified atom stereocenters. The van der Waals surface area contributed by atoms with Crippen LogP contribution in [0.25, 0.3) is 0 Å². The highest BCUT2D eigenvalue weighted by Gasteiger charge is 2.08. The summed E-state index contributed by atoms with van der Waals surface area (Å²) in [7, 11) is 0. The van der Waals surface area contributed by atoms with Gasteiger partial charge >= 0.3 is 0 Å². The van der Waals surface area contributed by atoms with Gasteiger partial charge in [-0.25, -0.2) is 0 Å². The van der Waals surface area contributed by atoms with E-state index in [1.54, 1.807) is 11.8 Å². The second kappa shape index (κ2) is 3.90. The Morgan fingerprint density at radius 1 is 1.78 bits per heavy atom. The molecule has 0 amide bonds. The van der Waals surface area contributed by atoms with E-state index in [1.165, 1.54) is 12.2 Å². The number of aliphatic imine (C=N–C) groups is 1. The second-order valence-corrected chi connectivity index (χ2v) is 3.05. The zero-order chi connectivity index (χ0) is 6.53. The molecular formula is C6H12N2S. The van der Waals surface area contributed by atoms with Crippen LogP contribution in [0.1, 0.15) is 12.8 Å². The molecule has 0 spiro atoms. The summed E-state index contributed by atoms with van der Waals surface area (Å²) in [6, 6.07) is 0.568. The van der Waals surface area contributed by atoms with Crippen molar-refractivity contribution in [3.63, 3.8) is 0 Å². The first-order valence-corrected chi connectivity index (χ1v) is 4.31. The monoisotopic (exact) mass is 144 g/mol. The van der Waals surface area contributed by atoms with Crippen molar-refractivity contribution in [3.05, 3.63) is 0 Å². The summed E-state index contributed by atoms with van der Waals surface area (Å²) in [5.41, 5.74) is 7.29. The molecule has 0 saturated carbocycles. The molecule has 1 aliphatic rings. The number of thioether (sulfide) groups is 1. The van der Waals surface area contributed by atoms with Gasteiger partial charge in [0.05, 0.1) is 11.6 Å². The summed E-state index contributed by atoms with van der Waals surface area (Å²) in [6.45, 7) is 0.802. The minimum absolute atomic E-state index is 0.568. The van der Waals surface area contributed by atoms with Crippen LogP contribution in [0.2, 0.25) is 0 Å². The van der Waals surface area contributed by atoms with E-state index < -0.39 is 0 Å². The smallest absolute Gasteiger partial charge is 0.0600 e. The fourth-order valence-electron chi connectivity index (χ4n) is 0.838. The topological polar surface area (TPSA) is 38.4 Å². The Balaban J connectivity index is 2.05. The zero-order valence-electron chi connectivity index (χ0n) is 5.42. The maximum Gasteiger partial charge on any atom is 0.0600 e. The van der Waals surface area contributed by atoms with Gasteiger partial charge in [-0.15, -0.1) is 11.8 Å². The Labute approximate surface area is 59.9 Å². The van der Waals surface area contributed by atoms with Crippen molar-refractivity contribution >= 4 is 17.3 Å². The number of rotatable bonds is 3. The van der Waals surface area contributed by atoms with Gasteiger partial charge in [0, 0.05) is 5.75 Å². The molecule has 1 aliphatic heterocycles. The average molecular weight is 144 g/mol. The van der Waals surface area contributed by atoms with Gasteiger partial charge in [-0.1, -0.05) is 0 Å². The highest BCUT2D eigenvalue weighted by molar-refractivity contribution is 8.12. The van der Waals surface area contributed by atoms with E-state index in [4.69, 9.17) is 5.73 Å². The first kappa shape index (κ1) is 7.09. The van der Waals surface area contributed by atoms with Crippen molar-refractivity contribution in [2.24, 2.45) is 10.7 Å². The fraction of sp³-hybridized carbons (Fsp3) is 0.833. The molecule has 0 aromatic heterocycles. The predicted molar refractivity (Wildman–Crippen MR) is 43.0 cm³/mol. The normalized spacial score (nSPS) is 25.2. The quantitative estimate of drug-likeness (QED) is 0.638. The van der Waals surface area contributed by atoms with E-state index >= 15 is 0 Å². The molecule has 0 aromatic rings. The number of hydrogen-bond acceptors (Lipinski definition) is 3. The number of hydrogen-bond donors (Lipinski definition) is 1. The Morgan fingerprint density at radius 3 is 3.22 bits per heavy atom. The van der Waals surface area contributed by atoms with Crippen LogP contribution in [-0.4, -0.2) is 23.9 Å². The molecular weight excluding hydrogens is 132 g/mol. The molecule has 0 aliphatic carbocycles. The van der Waals surface area contributed by atoms with Gasteiger partial charge in [-0.3, -0.25) is 4.99 Å². The lowest BCUT2D eigenvalue weighted by molar-refractivity contribution is 0.647. The van der Waals surface area contributed by atoms with Crippen LogP contribution in [-0.2, 0) is 0 Å². The van der Waals surface area contributed by atoms with Crippen molar-refractivity contribution in [2.45, 2.75) is 18.9 Å². The molecule has 9 heavy (non-hydrogen) atoms. The van der Waals surface area contributed by atoms with E-state index in [0.717, 1.165) is 13.0 Å². The average Bonchev–Trinajstić information content (AvgIpc) is 2.34. The van der Waals surface area contributed by atoms with Crippen molar-refractivity contribution < 1.29 is 0 Å². The van der Waals surface area contributed by atoms with Gasteiger partial charge in [-0.2, -0.15) is 0 Å². The Kier molecular flexibility index (Phi) is 3.08. The molecule has 1 atom stereocenters. The van der Waals surface area contributed by atoms with Gasteiger partial charge in [-0.05, 0) is 19.4 Å². The van der Waals surface area contributed by atoms with Crippen molar-refractivity contribution in [1.29, 1.82) is 0 Å². The lowest BCUT2D eigenvalue weighted by Gasteiger charge is -2.01. The standard InChI is InChI=1S/C6H12N2S/c7-3-1-2-6-4-9-5-8-6/h5-6H,1-4,7H2/t6-/m1/s1. The Hall–Kier alpha value is -0.0200. The van der Waals surface area contributed by atoms with E-state index in [1.807, 2.05) is 5.55 Å². The molecule has 2 nitrogen and oxygen atoms in total. The summed E-state index contributed by atoms with van der Waals surface area (Å²) in [5.74, 6) is 1.17. The zero-order valence-corrected chi connectivity index (χ0v) is 6.23. The molecule has 0 radical (unpaired) electrons. The van der Waals surface area contributed by atoms with Crippen LogP contribution in [0.15, 0.2) is 4.99 Å². The molecule has 0 fully saturated rings. The van der Waals surface area contributed by atoms with E-state index in [0.29, 0.717) is 6.04 Å². The predicted octanol–water partition coefficient (Wildman–Crippen LogP) is 0.869. The molecule has 0 aromatic carbocycles. The van der Waals surface area contributed by atoms with Crippen LogP contribution >= 0.6 is 11.8 Å². The van der Waals surface area contributed by atoms with Gasteiger partial charge in [0.1, 0.15) is 0 Å². The second-order valence-electron chi connectivity index (χ2n) is 2.17. The summed E-state index contributed by atoms with van der Waals surface area (Å²) in [4.78, 5) is 4.26. The summed E-state index contributed by atoms with van der Waals surface area (Å²) >= 11 is 1.80. The van der Waals surface area contributed by atoms with E-state index in [9.17, 15) is 0 Å². The van der Waals surface area contributed by atoms with Crippen molar-refractivity contribution in [2.75, 3.05) is 12.3 Å². The number of nitrogens with zero attached hydrogens (tertiary/aromatic N) is 1. The number of nitrogens with two attached hydrogens (primary N) is 1. The van der Waals surface area contributed by atoms with Crippen LogP contribution in [0.4, 0.5) is 0 Å². The molecule has 52 valence electrons. The van der Waals surface area contributed by atoms with Crippen molar-refractivity contribution in [1.82, 2.24) is 0 Å². The molecule has 2 N–H and O–H groups in total. The van der Waals surface area contributed by atoms with Crippen molar-refractivity contribution in [3.8, 4) is 0 Å². The van der Waals surface area contributed by atoms with Gasteiger partial charge < -0.3 is 5.73 Å². The minimum Gasteiger partial charge on any atom is -0.330 e. The lowest BCUT2D eigenvalue weighted by Crippen LogP contribution is -2.07. The largest absolute Gasteiger partial charge is 0.330 e. The summed E-state index contributed by atoms with van der Waals surface area (Å²) < 4.78 is 0. The molecule has 1 heterocycles. The van der Waals surface area contributed by atoms with Crippen LogP contribution in [0.5, 0.6) is 0 Å². The van der Waals surface area contributed by atoms with Crippen LogP contribution in [0, 0.1) is 0 Å². The van der Waals surface area contributed by atoms with Gasteiger partial charge in [0.15, 0.2) is 0 Å². The fourth-order valence-corrected chi connectivity index (χ4v) is 1.66. The Morgan fingerprint density at radius 2 is 2.67 bits per heavy atom. The third-order valence-corrected chi connectivity index (χ3v) is 2.22. The molecule has 0 saturated heterocycles. The SMILES string of the molecule is NCCC[C@@H]1CSC=N1. The maximum absolute atomic E-state index is 5.35. The lowest BCUT2D eigenvalue weighted by atomic mass is 10.2. The summed E-state index contributed by atoms with van der Waals surface area (Å²) in [6.07, 6.45) is 2.28. The summed E-state index contributed by atoms with van der Waals surface area (Å²) in [5, 5.41) is 0. The molecule has 1 rings (SSSR count). The third-order valence-electron chi connectivity index (χ3n) is 1.38. The minimum atomic E-state index is 0.568. The van der Waals surface area contributed by atoms with Crippen LogP contribution in [0.3, 0.4) is 0 Å². The molecule has 3 heteroatoms. The highest BCUT2D eigenvalue weighted by Crippen LogP contribution is 2.14. The highest BCUT2D eigenvalue weighted by atomic mass is 32.2.